The summed E-state index contributed by atoms with van der Waals surface area (Å²) in [5.41, 5.74) is 2.70. The number of rotatable bonds is 5. The van der Waals surface area contributed by atoms with Crippen molar-refractivity contribution in [2.75, 3.05) is 6.54 Å². The molecule has 2 aromatic rings. The van der Waals surface area contributed by atoms with Crippen molar-refractivity contribution in [3.63, 3.8) is 0 Å². The van der Waals surface area contributed by atoms with Crippen LogP contribution in [0.2, 0.25) is 0 Å². The molecule has 130 valence electrons. The van der Waals surface area contributed by atoms with Crippen LogP contribution < -0.4 is 0 Å². The minimum absolute atomic E-state index is 0.0275. The van der Waals surface area contributed by atoms with Gasteiger partial charge in [-0.1, -0.05) is 19.0 Å². The van der Waals surface area contributed by atoms with Gasteiger partial charge in [0, 0.05) is 31.8 Å². The first-order valence-corrected chi connectivity index (χ1v) is 8.82. The van der Waals surface area contributed by atoms with Crippen LogP contribution in [0.15, 0.2) is 16.8 Å². The lowest BCUT2D eigenvalue weighted by atomic mass is 10.00. The number of carbonyl (C=O) groups excluding carboxylic acids is 1. The second-order valence-electron chi connectivity index (χ2n) is 6.64. The predicted molar refractivity (Wildman–Crippen MR) is 91.2 cm³/mol. The Morgan fingerprint density at radius 3 is 2.79 bits per heavy atom. The summed E-state index contributed by atoms with van der Waals surface area (Å²) in [6, 6.07) is 1.95. The number of carbonyl (C=O) groups is 1. The van der Waals surface area contributed by atoms with Gasteiger partial charge in [0.1, 0.15) is 0 Å². The van der Waals surface area contributed by atoms with Crippen molar-refractivity contribution in [1.82, 2.24) is 19.8 Å². The average Bonchev–Trinajstić information content (AvgIpc) is 3.26. The Balaban J connectivity index is 1.95. The first kappa shape index (κ1) is 16.7. The van der Waals surface area contributed by atoms with Gasteiger partial charge in [-0.25, -0.2) is 0 Å². The van der Waals surface area contributed by atoms with Crippen LogP contribution >= 0.6 is 0 Å². The molecule has 1 aliphatic heterocycles. The predicted octanol–water partition coefficient (Wildman–Crippen LogP) is 3.48. The summed E-state index contributed by atoms with van der Waals surface area (Å²) in [4.78, 5) is 14.9. The van der Waals surface area contributed by atoms with E-state index >= 15 is 0 Å². The molecule has 6 heteroatoms. The van der Waals surface area contributed by atoms with Gasteiger partial charge in [-0.05, 0) is 32.6 Å². The topological polar surface area (TPSA) is 64.2 Å². The lowest BCUT2D eigenvalue weighted by Crippen LogP contribution is -2.35. The van der Waals surface area contributed by atoms with E-state index in [0.29, 0.717) is 0 Å². The molecule has 0 N–H and O–H groups in total. The van der Waals surface area contributed by atoms with E-state index in [1.54, 1.807) is 4.68 Å². The van der Waals surface area contributed by atoms with E-state index in [2.05, 4.69) is 24.1 Å². The number of aromatic nitrogens is 3. The van der Waals surface area contributed by atoms with E-state index in [1.165, 1.54) is 0 Å². The second kappa shape index (κ2) is 6.79. The quantitative estimate of drug-likeness (QED) is 0.842. The monoisotopic (exact) mass is 330 g/mol. The van der Waals surface area contributed by atoms with Gasteiger partial charge in [0.15, 0.2) is 5.76 Å². The number of hydrogen-bond acceptors (Lipinski definition) is 4. The van der Waals surface area contributed by atoms with Gasteiger partial charge in [0.05, 0.1) is 23.0 Å². The zero-order valence-corrected chi connectivity index (χ0v) is 15.0. The molecule has 0 unspecified atom stereocenters. The molecular formula is C18H26N4O2. The van der Waals surface area contributed by atoms with E-state index in [-0.39, 0.29) is 17.9 Å². The van der Waals surface area contributed by atoms with Gasteiger partial charge in [-0.15, -0.1) is 0 Å². The van der Waals surface area contributed by atoms with Crippen LogP contribution in [-0.4, -0.2) is 32.3 Å². The van der Waals surface area contributed by atoms with Crippen LogP contribution in [0.1, 0.15) is 57.0 Å². The minimum atomic E-state index is 0.0275. The largest absolute Gasteiger partial charge is 0.356 e. The van der Waals surface area contributed by atoms with Gasteiger partial charge in [0.2, 0.25) is 5.91 Å². The fraction of sp³-hybridized carbons (Fsp3) is 0.611. The Morgan fingerprint density at radius 1 is 1.42 bits per heavy atom. The molecule has 3 heterocycles. The number of aryl methyl sites for hydroxylation is 2. The van der Waals surface area contributed by atoms with Crippen molar-refractivity contribution in [2.24, 2.45) is 13.0 Å². The molecule has 1 fully saturated rings. The van der Waals surface area contributed by atoms with Crippen molar-refractivity contribution in [2.45, 2.75) is 52.5 Å². The van der Waals surface area contributed by atoms with Gasteiger partial charge < -0.3 is 9.42 Å². The third kappa shape index (κ3) is 2.97. The highest BCUT2D eigenvalue weighted by Crippen LogP contribution is 2.38. The molecular weight excluding hydrogens is 304 g/mol. The molecule has 0 spiro atoms. The van der Waals surface area contributed by atoms with E-state index in [1.807, 2.05) is 31.1 Å². The van der Waals surface area contributed by atoms with Crippen LogP contribution in [0.3, 0.4) is 0 Å². The second-order valence-corrected chi connectivity index (χ2v) is 6.64. The fourth-order valence-corrected chi connectivity index (χ4v) is 3.62. The summed E-state index contributed by atoms with van der Waals surface area (Å²) in [7, 11) is 1.90. The molecule has 0 aliphatic carbocycles. The average molecular weight is 330 g/mol. The van der Waals surface area contributed by atoms with Gasteiger partial charge in [0.25, 0.3) is 0 Å². The molecule has 24 heavy (non-hydrogen) atoms. The number of hydrogen-bond donors (Lipinski definition) is 0. The van der Waals surface area contributed by atoms with Crippen molar-refractivity contribution < 1.29 is 9.32 Å². The summed E-state index contributed by atoms with van der Waals surface area (Å²) in [5, 5.41) is 8.64. The van der Waals surface area contributed by atoms with Crippen molar-refractivity contribution in [3.05, 3.63) is 23.7 Å². The maximum Gasteiger partial charge on any atom is 0.226 e. The van der Waals surface area contributed by atoms with E-state index in [9.17, 15) is 4.79 Å². The molecule has 0 saturated carbocycles. The molecule has 3 rings (SSSR count). The molecule has 1 atom stereocenters. The number of amides is 1. The Morgan fingerprint density at radius 2 is 2.17 bits per heavy atom. The first-order chi connectivity index (χ1) is 11.5. The highest BCUT2D eigenvalue weighted by Gasteiger charge is 2.36. The third-order valence-electron chi connectivity index (χ3n) is 4.94. The highest BCUT2D eigenvalue weighted by atomic mass is 16.5. The van der Waals surface area contributed by atoms with Gasteiger partial charge >= 0.3 is 0 Å². The maximum atomic E-state index is 12.9. The fourth-order valence-electron chi connectivity index (χ4n) is 3.62. The lowest BCUT2D eigenvalue weighted by molar-refractivity contribution is -0.136. The summed E-state index contributed by atoms with van der Waals surface area (Å²) in [6.07, 6.45) is 5.68. The highest BCUT2D eigenvalue weighted by molar-refractivity contribution is 5.80. The molecule has 1 amide bonds. The Kier molecular flexibility index (Phi) is 4.73. The third-order valence-corrected chi connectivity index (χ3v) is 4.94. The zero-order valence-electron chi connectivity index (χ0n) is 15.0. The molecule has 1 saturated heterocycles. The maximum absolute atomic E-state index is 12.9. The Hall–Kier alpha value is -2.11. The summed E-state index contributed by atoms with van der Waals surface area (Å²) < 4.78 is 7.23. The Bertz CT molecular complexity index is 714. The Labute approximate surface area is 142 Å². The van der Waals surface area contributed by atoms with E-state index in [4.69, 9.17) is 4.52 Å². The minimum Gasteiger partial charge on any atom is -0.356 e. The van der Waals surface area contributed by atoms with Crippen LogP contribution in [0.25, 0.3) is 11.3 Å². The summed E-state index contributed by atoms with van der Waals surface area (Å²) >= 11 is 0. The van der Waals surface area contributed by atoms with Gasteiger partial charge in [-0.2, -0.15) is 5.10 Å². The number of nitrogens with zero attached hydrogens (tertiary/aromatic N) is 4. The van der Waals surface area contributed by atoms with Crippen molar-refractivity contribution in [1.29, 1.82) is 0 Å². The SMILES string of the molecule is CCC(CC)C(=O)N1CCC[C@@H]1c1nn(C)cc1-c1cc(C)no1. The molecule has 0 aromatic carbocycles. The standard InChI is InChI=1S/C18H26N4O2/c1-5-13(6-2)18(23)22-9-7-8-15(22)17-14(11-21(4)19-17)16-10-12(3)20-24-16/h10-11,13,15H,5-9H2,1-4H3/t15-/m1/s1. The molecule has 0 bridgehead atoms. The van der Waals surface area contributed by atoms with E-state index in [0.717, 1.165) is 54.9 Å². The van der Waals surface area contributed by atoms with Crippen molar-refractivity contribution >= 4 is 5.91 Å². The van der Waals surface area contributed by atoms with Crippen LogP contribution in [-0.2, 0) is 11.8 Å². The summed E-state index contributed by atoms with van der Waals surface area (Å²) in [6.45, 7) is 6.88. The van der Waals surface area contributed by atoms with Gasteiger partial charge in [-0.3, -0.25) is 9.48 Å². The summed E-state index contributed by atoms with van der Waals surface area (Å²) in [5.74, 6) is 1.08. The van der Waals surface area contributed by atoms with Crippen LogP contribution in [0, 0.1) is 12.8 Å². The van der Waals surface area contributed by atoms with Crippen molar-refractivity contribution in [3.8, 4) is 11.3 Å². The van der Waals surface area contributed by atoms with Crippen LogP contribution in [0.4, 0.5) is 0 Å². The normalized spacial score (nSPS) is 17.9. The molecule has 0 radical (unpaired) electrons. The van der Waals surface area contributed by atoms with Crippen LogP contribution in [0.5, 0.6) is 0 Å². The molecule has 1 aliphatic rings. The first-order valence-electron chi connectivity index (χ1n) is 8.82. The molecule has 2 aromatic heterocycles. The number of likely N-dealkylation sites (tertiary alicyclic amines) is 1. The lowest BCUT2D eigenvalue weighted by Gasteiger charge is -2.27. The smallest absolute Gasteiger partial charge is 0.226 e. The zero-order chi connectivity index (χ0) is 17.3. The molecule has 6 nitrogen and oxygen atoms in total. The van der Waals surface area contributed by atoms with E-state index < -0.39 is 0 Å².